The predicted molar refractivity (Wildman–Crippen MR) is 73.8 cm³/mol. The van der Waals surface area contributed by atoms with Crippen molar-refractivity contribution in [1.29, 1.82) is 0 Å². The maximum absolute atomic E-state index is 12.6. The summed E-state index contributed by atoms with van der Waals surface area (Å²) in [5.41, 5.74) is 1.15. The number of aromatic nitrogens is 2. The molecule has 0 atom stereocenters. The van der Waals surface area contributed by atoms with Crippen molar-refractivity contribution in [3.63, 3.8) is 0 Å². The molecule has 0 bridgehead atoms. The number of nitrogens with zero attached hydrogens (tertiary/aromatic N) is 2. The van der Waals surface area contributed by atoms with Crippen LogP contribution < -0.4 is 0 Å². The minimum Gasteiger partial charge on any atom is -0.255 e. The predicted octanol–water partition coefficient (Wildman–Crippen LogP) is 2.93. The monoisotopic (exact) mass is 292 g/mol. The molecule has 2 aromatic heterocycles. The molecule has 0 aliphatic heterocycles. The first kappa shape index (κ1) is 12.2. The SMILES string of the molecule is O=S(=O)(c1ccccc1Cl)n1ccc2ncccc21. The molecule has 19 heavy (non-hydrogen) atoms. The van der Waals surface area contributed by atoms with E-state index in [1.165, 1.54) is 16.2 Å². The summed E-state index contributed by atoms with van der Waals surface area (Å²) in [5.74, 6) is 0. The van der Waals surface area contributed by atoms with Gasteiger partial charge in [-0.25, -0.2) is 12.4 Å². The van der Waals surface area contributed by atoms with Crippen LogP contribution in [-0.4, -0.2) is 17.4 Å². The third kappa shape index (κ3) is 1.91. The number of rotatable bonds is 2. The average molecular weight is 293 g/mol. The van der Waals surface area contributed by atoms with Crippen molar-refractivity contribution in [2.75, 3.05) is 0 Å². The van der Waals surface area contributed by atoms with Crippen molar-refractivity contribution in [2.45, 2.75) is 4.90 Å². The van der Waals surface area contributed by atoms with Crippen LogP contribution >= 0.6 is 11.6 Å². The molecule has 0 aliphatic carbocycles. The van der Waals surface area contributed by atoms with Gasteiger partial charge in [0.15, 0.2) is 0 Å². The zero-order chi connectivity index (χ0) is 13.5. The molecular weight excluding hydrogens is 284 g/mol. The summed E-state index contributed by atoms with van der Waals surface area (Å²) in [7, 11) is -3.71. The van der Waals surface area contributed by atoms with Gasteiger partial charge in [-0.1, -0.05) is 23.7 Å². The lowest BCUT2D eigenvalue weighted by Gasteiger charge is -2.08. The van der Waals surface area contributed by atoms with E-state index in [4.69, 9.17) is 11.6 Å². The minimum absolute atomic E-state index is 0.0815. The molecule has 0 spiro atoms. The molecule has 0 fully saturated rings. The Morgan fingerprint density at radius 3 is 2.63 bits per heavy atom. The van der Waals surface area contributed by atoms with Gasteiger partial charge in [-0.15, -0.1) is 0 Å². The molecular formula is C13H9ClN2O2S. The Hall–Kier alpha value is -1.85. The van der Waals surface area contributed by atoms with Crippen LogP contribution in [0.15, 0.2) is 59.8 Å². The lowest BCUT2D eigenvalue weighted by atomic mass is 10.4. The van der Waals surface area contributed by atoms with E-state index in [0.717, 1.165) is 0 Å². The van der Waals surface area contributed by atoms with Gasteiger partial charge in [-0.2, -0.15) is 0 Å². The summed E-state index contributed by atoms with van der Waals surface area (Å²) in [4.78, 5) is 4.19. The van der Waals surface area contributed by atoms with E-state index in [2.05, 4.69) is 4.98 Å². The maximum atomic E-state index is 12.6. The first-order valence-corrected chi connectivity index (χ1v) is 7.35. The van der Waals surface area contributed by atoms with Crippen molar-refractivity contribution in [3.8, 4) is 0 Å². The van der Waals surface area contributed by atoms with Crippen molar-refractivity contribution < 1.29 is 8.42 Å². The van der Waals surface area contributed by atoms with Crippen molar-refractivity contribution in [2.24, 2.45) is 0 Å². The Kier molecular flexibility index (Phi) is 2.80. The summed E-state index contributed by atoms with van der Waals surface area (Å²) in [6.45, 7) is 0. The van der Waals surface area contributed by atoms with Gasteiger partial charge in [0.1, 0.15) is 4.90 Å². The first-order chi connectivity index (χ1) is 9.10. The van der Waals surface area contributed by atoms with Crippen LogP contribution in [-0.2, 0) is 10.0 Å². The fourth-order valence-corrected chi connectivity index (χ4v) is 3.75. The van der Waals surface area contributed by atoms with E-state index >= 15 is 0 Å². The largest absolute Gasteiger partial charge is 0.269 e. The van der Waals surface area contributed by atoms with Crippen LogP contribution in [0.3, 0.4) is 0 Å². The number of halogens is 1. The Bertz CT molecular complexity index is 856. The fourth-order valence-electron chi connectivity index (χ4n) is 1.91. The Labute approximate surface area is 115 Å². The standard InChI is InChI=1S/C13H9ClN2O2S/c14-10-4-1-2-6-13(10)19(17,18)16-9-7-11-12(16)5-3-8-15-11/h1-9H. The fraction of sp³-hybridized carbons (Fsp3) is 0. The van der Waals surface area contributed by atoms with Crippen LogP contribution in [0.5, 0.6) is 0 Å². The van der Waals surface area contributed by atoms with Gasteiger partial charge in [-0.05, 0) is 30.3 Å². The average Bonchev–Trinajstić information content (AvgIpc) is 2.83. The molecule has 0 saturated carbocycles. The second-order valence-corrected chi connectivity index (χ2v) is 6.15. The number of fused-ring (bicyclic) bond motifs is 1. The smallest absolute Gasteiger partial charge is 0.255 e. The van der Waals surface area contributed by atoms with Crippen molar-refractivity contribution >= 4 is 32.7 Å². The van der Waals surface area contributed by atoms with Crippen LogP contribution in [0.25, 0.3) is 11.0 Å². The summed E-state index contributed by atoms with van der Waals surface area (Å²) in [6.07, 6.45) is 3.10. The Morgan fingerprint density at radius 1 is 1.05 bits per heavy atom. The zero-order valence-corrected chi connectivity index (χ0v) is 11.3. The van der Waals surface area contributed by atoms with E-state index in [-0.39, 0.29) is 9.92 Å². The van der Waals surface area contributed by atoms with E-state index in [1.54, 1.807) is 42.6 Å². The second kappa shape index (κ2) is 4.36. The Morgan fingerprint density at radius 2 is 1.84 bits per heavy atom. The van der Waals surface area contributed by atoms with E-state index < -0.39 is 10.0 Å². The molecule has 2 heterocycles. The van der Waals surface area contributed by atoms with Crippen LogP contribution in [0.2, 0.25) is 5.02 Å². The van der Waals surface area contributed by atoms with Gasteiger partial charge < -0.3 is 0 Å². The number of benzene rings is 1. The van der Waals surface area contributed by atoms with Gasteiger partial charge in [0.25, 0.3) is 10.0 Å². The van der Waals surface area contributed by atoms with Crippen LogP contribution in [0, 0.1) is 0 Å². The quantitative estimate of drug-likeness (QED) is 0.730. The lowest BCUT2D eigenvalue weighted by molar-refractivity contribution is 0.589. The molecule has 1 aromatic carbocycles. The van der Waals surface area contributed by atoms with Crippen molar-refractivity contribution in [3.05, 3.63) is 59.9 Å². The highest BCUT2D eigenvalue weighted by Crippen LogP contribution is 2.25. The van der Waals surface area contributed by atoms with Gasteiger partial charge in [0.2, 0.25) is 0 Å². The molecule has 0 amide bonds. The summed E-state index contributed by atoms with van der Waals surface area (Å²) < 4.78 is 26.4. The van der Waals surface area contributed by atoms with Gasteiger partial charge >= 0.3 is 0 Å². The first-order valence-electron chi connectivity index (χ1n) is 5.53. The topological polar surface area (TPSA) is 52.0 Å². The van der Waals surface area contributed by atoms with Crippen LogP contribution in [0.4, 0.5) is 0 Å². The molecule has 4 nitrogen and oxygen atoms in total. The summed E-state index contributed by atoms with van der Waals surface area (Å²) >= 11 is 5.97. The van der Waals surface area contributed by atoms with Gasteiger partial charge in [0.05, 0.1) is 16.1 Å². The maximum Gasteiger partial charge on any atom is 0.269 e. The van der Waals surface area contributed by atoms with Crippen molar-refractivity contribution in [1.82, 2.24) is 8.96 Å². The molecule has 0 N–H and O–H groups in total. The lowest BCUT2D eigenvalue weighted by Crippen LogP contribution is -2.12. The minimum atomic E-state index is -3.71. The molecule has 0 unspecified atom stereocenters. The third-order valence-electron chi connectivity index (χ3n) is 2.79. The second-order valence-electron chi connectivity index (χ2n) is 3.95. The Balaban J connectivity index is 2.29. The normalized spacial score (nSPS) is 11.8. The van der Waals surface area contributed by atoms with Gasteiger partial charge in [-0.3, -0.25) is 4.98 Å². The molecule has 96 valence electrons. The van der Waals surface area contributed by atoms with Crippen LogP contribution in [0.1, 0.15) is 0 Å². The highest BCUT2D eigenvalue weighted by molar-refractivity contribution is 7.90. The molecule has 3 rings (SSSR count). The number of pyridine rings is 1. The van der Waals surface area contributed by atoms with E-state index in [1.807, 2.05) is 0 Å². The van der Waals surface area contributed by atoms with E-state index in [0.29, 0.717) is 11.0 Å². The van der Waals surface area contributed by atoms with E-state index in [9.17, 15) is 8.42 Å². The highest BCUT2D eigenvalue weighted by Gasteiger charge is 2.21. The zero-order valence-electron chi connectivity index (χ0n) is 9.69. The summed E-state index contributed by atoms with van der Waals surface area (Å²) in [5, 5.41) is 0.202. The highest BCUT2D eigenvalue weighted by atomic mass is 35.5. The third-order valence-corrected chi connectivity index (χ3v) is 4.98. The molecule has 0 aliphatic rings. The molecule has 0 saturated heterocycles. The molecule has 3 aromatic rings. The summed E-state index contributed by atoms with van der Waals surface area (Å²) in [6, 6.07) is 11.4. The number of hydrogen-bond acceptors (Lipinski definition) is 3. The van der Waals surface area contributed by atoms with Gasteiger partial charge in [0, 0.05) is 12.4 Å². The molecule has 6 heteroatoms. The number of hydrogen-bond donors (Lipinski definition) is 0. The molecule has 0 radical (unpaired) electrons.